The van der Waals surface area contributed by atoms with E-state index >= 15 is 0 Å². The molecule has 0 bridgehead atoms. The lowest BCUT2D eigenvalue weighted by Gasteiger charge is -2.06. The molecule has 0 radical (unpaired) electrons. The van der Waals surface area contributed by atoms with E-state index in [0.717, 1.165) is 5.56 Å². The Hall–Kier alpha value is -3.29. The van der Waals surface area contributed by atoms with Gasteiger partial charge in [-0.05, 0) is 12.0 Å². The Morgan fingerprint density at radius 1 is 0.958 bits per heavy atom. The number of nitro benzene ring substituents is 2. The van der Waals surface area contributed by atoms with Crippen LogP contribution < -0.4 is 5.32 Å². The van der Waals surface area contributed by atoms with Crippen LogP contribution in [0.5, 0.6) is 0 Å². The van der Waals surface area contributed by atoms with Crippen molar-refractivity contribution in [2.24, 2.45) is 0 Å². The van der Waals surface area contributed by atoms with Crippen LogP contribution in [0.25, 0.3) is 0 Å². The molecule has 0 aromatic heterocycles. The number of para-hydroxylation sites is 1. The number of rotatable bonds is 7. The molecule has 0 atom stereocenters. The highest BCUT2D eigenvalue weighted by Crippen LogP contribution is 2.18. The van der Waals surface area contributed by atoms with Gasteiger partial charge in [0.15, 0.2) is 0 Å². The monoisotopic (exact) mass is 329 g/mol. The SMILES string of the molecule is O=C(Cc1ccccc1[N+](=O)[O-])NCCc1ccc([N+](=O)[O-])cc1. The molecule has 0 aliphatic heterocycles. The zero-order valence-corrected chi connectivity index (χ0v) is 12.7. The molecule has 0 aliphatic rings. The zero-order valence-electron chi connectivity index (χ0n) is 12.7. The first-order chi connectivity index (χ1) is 11.5. The molecule has 1 amide bonds. The number of nitrogens with one attached hydrogen (secondary N) is 1. The summed E-state index contributed by atoms with van der Waals surface area (Å²) in [6, 6.07) is 12.2. The summed E-state index contributed by atoms with van der Waals surface area (Å²) in [5.41, 5.74) is 1.14. The van der Waals surface area contributed by atoms with Gasteiger partial charge in [0, 0.05) is 30.3 Å². The van der Waals surface area contributed by atoms with E-state index in [1.807, 2.05) is 0 Å². The Morgan fingerprint density at radius 2 is 1.62 bits per heavy atom. The molecule has 2 aromatic rings. The Kier molecular flexibility index (Phi) is 5.56. The largest absolute Gasteiger partial charge is 0.355 e. The molecule has 124 valence electrons. The van der Waals surface area contributed by atoms with Crippen molar-refractivity contribution in [2.75, 3.05) is 6.54 Å². The highest BCUT2D eigenvalue weighted by molar-refractivity contribution is 5.79. The lowest BCUT2D eigenvalue weighted by Crippen LogP contribution is -2.27. The molecule has 0 saturated heterocycles. The van der Waals surface area contributed by atoms with Crippen LogP contribution in [-0.2, 0) is 17.6 Å². The highest BCUT2D eigenvalue weighted by atomic mass is 16.6. The fraction of sp³-hybridized carbons (Fsp3) is 0.188. The Bertz CT molecular complexity index is 759. The van der Waals surface area contributed by atoms with Crippen molar-refractivity contribution in [1.82, 2.24) is 5.32 Å². The van der Waals surface area contributed by atoms with Gasteiger partial charge in [-0.3, -0.25) is 25.0 Å². The average molecular weight is 329 g/mol. The van der Waals surface area contributed by atoms with Crippen LogP contribution in [0.4, 0.5) is 11.4 Å². The van der Waals surface area contributed by atoms with Gasteiger partial charge in [-0.15, -0.1) is 0 Å². The van der Waals surface area contributed by atoms with E-state index in [-0.39, 0.29) is 23.7 Å². The summed E-state index contributed by atoms with van der Waals surface area (Å²) >= 11 is 0. The molecule has 2 aromatic carbocycles. The fourth-order valence-corrected chi connectivity index (χ4v) is 2.20. The molecule has 0 unspecified atom stereocenters. The lowest BCUT2D eigenvalue weighted by molar-refractivity contribution is -0.385. The number of benzene rings is 2. The molecule has 2 rings (SSSR count). The smallest absolute Gasteiger partial charge is 0.273 e. The average Bonchev–Trinajstić information content (AvgIpc) is 2.55. The second kappa shape index (κ2) is 7.82. The number of amides is 1. The third-order valence-corrected chi connectivity index (χ3v) is 3.42. The fourth-order valence-electron chi connectivity index (χ4n) is 2.20. The Labute approximate surface area is 137 Å². The summed E-state index contributed by atoms with van der Waals surface area (Å²) in [5, 5.41) is 24.2. The molecule has 0 fully saturated rings. The van der Waals surface area contributed by atoms with Crippen molar-refractivity contribution in [2.45, 2.75) is 12.8 Å². The number of nitrogens with zero attached hydrogens (tertiary/aromatic N) is 2. The highest BCUT2D eigenvalue weighted by Gasteiger charge is 2.15. The van der Waals surface area contributed by atoms with Crippen LogP contribution in [0.3, 0.4) is 0 Å². The number of nitro groups is 2. The van der Waals surface area contributed by atoms with E-state index < -0.39 is 9.85 Å². The second-order valence-corrected chi connectivity index (χ2v) is 5.09. The summed E-state index contributed by atoms with van der Waals surface area (Å²) in [5.74, 6) is -0.314. The Morgan fingerprint density at radius 3 is 2.25 bits per heavy atom. The molecule has 0 saturated carbocycles. The molecule has 0 spiro atoms. The van der Waals surface area contributed by atoms with Crippen molar-refractivity contribution in [3.63, 3.8) is 0 Å². The summed E-state index contributed by atoms with van der Waals surface area (Å²) in [6.07, 6.45) is 0.442. The first kappa shape index (κ1) is 17.1. The van der Waals surface area contributed by atoms with Crippen molar-refractivity contribution in [3.8, 4) is 0 Å². The summed E-state index contributed by atoms with van der Waals surface area (Å²) in [6.45, 7) is 0.345. The third-order valence-electron chi connectivity index (χ3n) is 3.42. The van der Waals surface area contributed by atoms with E-state index in [1.54, 1.807) is 30.3 Å². The maximum absolute atomic E-state index is 11.9. The number of carbonyl (C=O) groups is 1. The summed E-state index contributed by atoms with van der Waals surface area (Å²) in [4.78, 5) is 32.4. The van der Waals surface area contributed by atoms with Gasteiger partial charge in [0.1, 0.15) is 0 Å². The predicted octanol–water partition coefficient (Wildman–Crippen LogP) is 2.40. The van der Waals surface area contributed by atoms with E-state index in [4.69, 9.17) is 0 Å². The molecule has 0 heterocycles. The van der Waals surface area contributed by atoms with E-state index in [9.17, 15) is 25.0 Å². The van der Waals surface area contributed by atoms with Gasteiger partial charge in [-0.25, -0.2) is 0 Å². The van der Waals surface area contributed by atoms with Crippen LogP contribution in [0, 0.1) is 20.2 Å². The van der Waals surface area contributed by atoms with Crippen molar-refractivity contribution in [1.29, 1.82) is 0 Å². The number of hydrogen-bond acceptors (Lipinski definition) is 5. The summed E-state index contributed by atoms with van der Waals surface area (Å²) < 4.78 is 0. The van der Waals surface area contributed by atoms with E-state index in [2.05, 4.69) is 5.32 Å². The molecule has 8 nitrogen and oxygen atoms in total. The van der Waals surface area contributed by atoms with Gasteiger partial charge in [0.05, 0.1) is 16.3 Å². The van der Waals surface area contributed by atoms with Crippen LogP contribution in [-0.4, -0.2) is 22.3 Å². The van der Waals surface area contributed by atoms with Crippen molar-refractivity contribution in [3.05, 3.63) is 79.9 Å². The first-order valence-electron chi connectivity index (χ1n) is 7.19. The molecular weight excluding hydrogens is 314 g/mol. The van der Waals surface area contributed by atoms with Crippen LogP contribution in [0.15, 0.2) is 48.5 Å². The third kappa shape index (κ3) is 4.60. The van der Waals surface area contributed by atoms with Gasteiger partial charge >= 0.3 is 0 Å². The maximum atomic E-state index is 11.9. The van der Waals surface area contributed by atoms with Crippen molar-refractivity contribution >= 4 is 17.3 Å². The van der Waals surface area contributed by atoms with Crippen LogP contribution in [0.1, 0.15) is 11.1 Å². The Balaban J connectivity index is 1.85. The minimum absolute atomic E-state index is 0.0131. The maximum Gasteiger partial charge on any atom is 0.273 e. The van der Waals surface area contributed by atoms with Gasteiger partial charge in [-0.2, -0.15) is 0 Å². The molecular formula is C16H15N3O5. The van der Waals surface area contributed by atoms with Crippen LogP contribution >= 0.6 is 0 Å². The van der Waals surface area contributed by atoms with Gasteiger partial charge in [0.25, 0.3) is 11.4 Å². The lowest BCUT2D eigenvalue weighted by atomic mass is 10.1. The topological polar surface area (TPSA) is 115 Å². The summed E-state index contributed by atoms with van der Waals surface area (Å²) in [7, 11) is 0. The molecule has 1 N–H and O–H groups in total. The number of hydrogen-bond donors (Lipinski definition) is 1. The van der Waals surface area contributed by atoms with E-state index in [0.29, 0.717) is 18.5 Å². The quantitative estimate of drug-likeness (QED) is 0.618. The van der Waals surface area contributed by atoms with Crippen molar-refractivity contribution < 1.29 is 14.6 Å². The van der Waals surface area contributed by atoms with Gasteiger partial charge in [0.2, 0.25) is 5.91 Å². The molecule has 8 heteroatoms. The molecule has 0 aliphatic carbocycles. The van der Waals surface area contributed by atoms with Gasteiger partial charge in [-0.1, -0.05) is 30.3 Å². The minimum Gasteiger partial charge on any atom is -0.355 e. The number of non-ortho nitro benzene ring substituents is 1. The standard InChI is InChI=1S/C16H15N3O5/c20-16(11-13-3-1-2-4-15(13)19(23)24)17-10-9-12-5-7-14(8-6-12)18(21)22/h1-8H,9-11H2,(H,17,20). The van der Waals surface area contributed by atoms with Gasteiger partial charge < -0.3 is 5.32 Å². The van der Waals surface area contributed by atoms with Crippen LogP contribution in [0.2, 0.25) is 0 Å². The predicted molar refractivity (Wildman–Crippen MR) is 86.6 cm³/mol. The van der Waals surface area contributed by atoms with E-state index in [1.165, 1.54) is 18.2 Å². The first-order valence-corrected chi connectivity index (χ1v) is 7.19. The normalized spacial score (nSPS) is 10.2. The zero-order chi connectivity index (χ0) is 17.5. The second-order valence-electron chi connectivity index (χ2n) is 5.09. The molecule has 24 heavy (non-hydrogen) atoms. The minimum atomic E-state index is -0.514. The number of carbonyl (C=O) groups excluding carboxylic acids is 1.